The van der Waals surface area contributed by atoms with E-state index in [1.165, 1.54) is 13.3 Å². The molecule has 0 aliphatic heterocycles. The Kier molecular flexibility index (Phi) is 6.68. The third kappa shape index (κ3) is 4.84. The van der Waals surface area contributed by atoms with Crippen molar-refractivity contribution in [2.24, 2.45) is 5.10 Å². The van der Waals surface area contributed by atoms with Gasteiger partial charge in [0.15, 0.2) is 11.5 Å². The summed E-state index contributed by atoms with van der Waals surface area (Å²) in [6.45, 7) is 1.75. The van der Waals surface area contributed by atoms with Gasteiger partial charge in [0.05, 0.1) is 13.3 Å². The van der Waals surface area contributed by atoms with E-state index in [0.29, 0.717) is 32.7 Å². The highest BCUT2D eigenvalue weighted by atomic mass is 35.5. The summed E-state index contributed by atoms with van der Waals surface area (Å²) in [5.74, 6) is 0.996. The molecule has 10 heteroatoms. The molecule has 29 heavy (non-hydrogen) atoms. The number of rotatable bonds is 6. The first-order valence-electron chi connectivity index (χ1n) is 8.37. The Morgan fingerprint density at radius 2 is 1.97 bits per heavy atom. The summed E-state index contributed by atoms with van der Waals surface area (Å²) in [6, 6.07) is 10.5. The first-order chi connectivity index (χ1) is 13.9. The number of H-pyrrole nitrogens is 1. The van der Waals surface area contributed by atoms with Crippen LogP contribution in [0.15, 0.2) is 46.3 Å². The Morgan fingerprint density at radius 1 is 1.24 bits per heavy atom. The van der Waals surface area contributed by atoms with E-state index in [0.717, 1.165) is 4.68 Å². The zero-order valence-electron chi connectivity index (χ0n) is 15.5. The molecule has 0 radical (unpaired) electrons. The van der Waals surface area contributed by atoms with Crippen molar-refractivity contribution in [2.75, 3.05) is 7.11 Å². The number of halogens is 2. The highest BCUT2D eigenvalue weighted by Gasteiger charge is 2.10. The molecule has 1 N–H and O–H groups in total. The fourth-order valence-corrected chi connectivity index (χ4v) is 3.09. The van der Waals surface area contributed by atoms with Crippen molar-refractivity contribution >= 4 is 41.6 Å². The van der Waals surface area contributed by atoms with Gasteiger partial charge < -0.3 is 9.47 Å². The number of aryl methyl sites for hydroxylation is 1. The second-order valence-corrected chi connectivity index (χ2v) is 7.08. The van der Waals surface area contributed by atoms with E-state index in [2.05, 4.69) is 15.3 Å². The van der Waals surface area contributed by atoms with Crippen LogP contribution in [0, 0.1) is 11.7 Å². The van der Waals surface area contributed by atoms with Crippen LogP contribution in [0.25, 0.3) is 0 Å². The average Bonchev–Trinajstić information content (AvgIpc) is 2.71. The molecule has 2 aromatic carbocycles. The lowest BCUT2D eigenvalue weighted by Gasteiger charge is -2.13. The third-order valence-electron chi connectivity index (χ3n) is 3.96. The lowest BCUT2D eigenvalue weighted by Crippen LogP contribution is -2.22. The van der Waals surface area contributed by atoms with Gasteiger partial charge in [0.2, 0.25) is 4.77 Å². The normalized spacial score (nSPS) is 11.0. The van der Waals surface area contributed by atoms with Gasteiger partial charge in [-0.25, -0.2) is 0 Å². The van der Waals surface area contributed by atoms with Crippen LogP contribution in [0.4, 0.5) is 0 Å². The first-order valence-corrected chi connectivity index (χ1v) is 9.53. The average molecular weight is 451 g/mol. The lowest BCUT2D eigenvalue weighted by molar-refractivity contribution is 0.284. The molecular formula is C19H16Cl2N4O3S. The van der Waals surface area contributed by atoms with Gasteiger partial charge in [0.1, 0.15) is 12.3 Å². The maximum absolute atomic E-state index is 12.1. The van der Waals surface area contributed by atoms with E-state index >= 15 is 0 Å². The number of nitrogens with zero attached hydrogens (tertiary/aromatic N) is 3. The van der Waals surface area contributed by atoms with Gasteiger partial charge in [-0.1, -0.05) is 29.3 Å². The summed E-state index contributed by atoms with van der Waals surface area (Å²) in [5, 5.41) is 11.5. The topological polar surface area (TPSA) is 81.5 Å². The monoisotopic (exact) mass is 450 g/mol. The maximum Gasteiger partial charge on any atom is 0.296 e. The Hall–Kier alpha value is -2.68. The molecule has 0 aliphatic carbocycles. The molecule has 3 rings (SSSR count). The summed E-state index contributed by atoms with van der Waals surface area (Å²) in [6.07, 6.45) is 1.49. The molecule has 7 nitrogen and oxygen atoms in total. The fourth-order valence-electron chi connectivity index (χ4n) is 2.41. The molecule has 0 saturated carbocycles. The van der Waals surface area contributed by atoms with Crippen LogP contribution in [0.5, 0.6) is 11.5 Å². The van der Waals surface area contributed by atoms with Gasteiger partial charge in [-0.3, -0.25) is 9.89 Å². The van der Waals surface area contributed by atoms with E-state index in [1.54, 1.807) is 43.3 Å². The van der Waals surface area contributed by atoms with Gasteiger partial charge in [-0.15, -0.1) is 0 Å². The molecule has 1 heterocycles. The van der Waals surface area contributed by atoms with Gasteiger partial charge >= 0.3 is 0 Å². The summed E-state index contributed by atoms with van der Waals surface area (Å²) in [4.78, 5) is 12.1. The first kappa shape index (κ1) is 21.0. The molecule has 0 fully saturated rings. The summed E-state index contributed by atoms with van der Waals surface area (Å²) < 4.78 is 12.4. The highest BCUT2D eigenvalue weighted by molar-refractivity contribution is 7.71. The van der Waals surface area contributed by atoms with Crippen molar-refractivity contribution in [1.82, 2.24) is 14.9 Å². The quantitative estimate of drug-likeness (QED) is 0.444. The molecule has 0 spiro atoms. The zero-order valence-corrected chi connectivity index (χ0v) is 17.8. The van der Waals surface area contributed by atoms with E-state index in [4.69, 9.17) is 44.9 Å². The zero-order chi connectivity index (χ0) is 21.0. The lowest BCUT2D eigenvalue weighted by atomic mass is 10.2. The second-order valence-electron chi connectivity index (χ2n) is 5.87. The van der Waals surface area contributed by atoms with Crippen LogP contribution < -0.4 is 15.0 Å². The summed E-state index contributed by atoms with van der Waals surface area (Å²) in [7, 11) is 1.53. The summed E-state index contributed by atoms with van der Waals surface area (Å²) >= 11 is 17.4. The Labute approximate surface area is 181 Å². The molecule has 1 aromatic heterocycles. The van der Waals surface area contributed by atoms with Crippen molar-refractivity contribution in [2.45, 2.75) is 13.5 Å². The predicted octanol–water partition coefficient (Wildman–Crippen LogP) is 4.39. The van der Waals surface area contributed by atoms with E-state index in [1.807, 2.05) is 0 Å². The summed E-state index contributed by atoms with van der Waals surface area (Å²) in [5.41, 5.74) is 1.23. The van der Waals surface area contributed by atoms with Crippen molar-refractivity contribution < 1.29 is 9.47 Å². The number of methoxy groups -OCH3 is 1. The van der Waals surface area contributed by atoms with Crippen LogP contribution in [0.2, 0.25) is 10.0 Å². The molecule has 0 atom stereocenters. The predicted molar refractivity (Wildman–Crippen MR) is 115 cm³/mol. The smallest absolute Gasteiger partial charge is 0.296 e. The van der Waals surface area contributed by atoms with Gasteiger partial charge in [-0.05, 0) is 55.0 Å². The second kappa shape index (κ2) is 9.21. The highest BCUT2D eigenvalue weighted by Crippen LogP contribution is 2.31. The number of hydrogen-bond donors (Lipinski definition) is 1. The van der Waals surface area contributed by atoms with Crippen molar-refractivity contribution in [3.8, 4) is 11.5 Å². The number of ether oxygens (including phenoxy) is 2. The molecule has 0 bridgehead atoms. The van der Waals surface area contributed by atoms with Crippen LogP contribution in [0.3, 0.4) is 0 Å². The Morgan fingerprint density at radius 3 is 2.66 bits per heavy atom. The Balaban J connectivity index is 1.83. The fraction of sp³-hybridized carbons (Fsp3) is 0.158. The minimum absolute atomic E-state index is 0.0976. The standard InChI is InChI=1S/C19H16Cl2N4O3S/c1-11-18(26)25(19(29)24-23-11)22-9-12-6-7-16(17(8-12)27-2)28-10-13-14(20)4-3-5-15(13)21/h3-9H,10H2,1-2H3,(H,24,29)/b22-9-. The minimum atomic E-state index is -0.395. The van der Waals surface area contributed by atoms with Gasteiger partial charge in [-0.2, -0.15) is 14.9 Å². The van der Waals surface area contributed by atoms with Gasteiger partial charge in [0, 0.05) is 15.6 Å². The third-order valence-corrected chi connectivity index (χ3v) is 4.93. The van der Waals surface area contributed by atoms with E-state index in [-0.39, 0.29) is 17.1 Å². The van der Waals surface area contributed by atoms with E-state index in [9.17, 15) is 4.79 Å². The maximum atomic E-state index is 12.1. The van der Waals surface area contributed by atoms with Crippen LogP contribution in [-0.2, 0) is 6.61 Å². The molecule has 0 aliphatic rings. The van der Waals surface area contributed by atoms with Crippen molar-refractivity contribution in [3.05, 3.63) is 78.4 Å². The number of aromatic nitrogens is 3. The van der Waals surface area contributed by atoms with Crippen LogP contribution >= 0.6 is 35.4 Å². The Bertz CT molecular complexity index is 1170. The minimum Gasteiger partial charge on any atom is -0.493 e. The van der Waals surface area contributed by atoms with Crippen LogP contribution in [-0.4, -0.2) is 28.2 Å². The number of benzene rings is 2. The number of nitrogens with one attached hydrogen (secondary N) is 1. The SMILES string of the molecule is COc1cc(/C=N\n2c(=S)[nH]nc(C)c2=O)ccc1OCc1c(Cl)cccc1Cl. The molecule has 0 unspecified atom stereocenters. The van der Waals surface area contributed by atoms with Crippen molar-refractivity contribution in [3.63, 3.8) is 0 Å². The van der Waals surface area contributed by atoms with Crippen molar-refractivity contribution in [1.29, 1.82) is 0 Å². The molecule has 0 saturated heterocycles. The molecule has 0 amide bonds. The molecule has 3 aromatic rings. The number of hydrogen-bond acceptors (Lipinski definition) is 6. The largest absolute Gasteiger partial charge is 0.493 e. The molecule has 150 valence electrons. The van der Waals surface area contributed by atoms with Crippen LogP contribution in [0.1, 0.15) is 16.8 Å². The number of aromatic amines is 1. The molecular weight excluding hydrogens is 435 g/mol. The van der Waals surface area contributed by atoms with Gasteiger partial charge in [0.25, 0.3) is 5.56 Å². The van der Waals surface area contributed by atoms with E-state index < -0.39 is 5.56 Å².